The standard InChI is InChI=1S/C13H22N2O3/c1-10(2)8-15-13(17)5-6-14-9-11(16)12-4-3-7-18-12/h3-4,7,10-11,14,16H,5-6,8-9H2,1-2H3,(H,15,17). The van der Waals surface area contributed by atoms with Crippen molar-refractivity contribution in [2.24, 2.45) is 5.92 Å². The molecule has 102 valence electrons. The number of rotatable bonds is 8. The van der Waals surface area contributed by atoms with E-state index in [9.17, 15) is 9.90 Å². The van der Waals surface area contributed by atoms with Gasteiger partial charge in [0.25, 0.3) is 0 Å². The SMILES string of the molecule is CC(C)CNC(=O)CCNCC(O)c1ccco1. The van der Waals surface area contributed by atoms with E-state index in [0.717, 1.165) is 0 Å². The lowest BCUT2D eigenvalue weighted by Gasteiger charge is -2.10. The molecule has 1 atom stereocenters. The van der Waals surface area contributed by atoms with Gasteiger partial charge in [-0.05, 0) is 18.1 Å². The molecule has 0 spiro atoms. The average Bonchev–Trinajstić information content (AvgIpc) is 2.85. The van der Waals surface area contributed by atoms with Crippen LogP contribution < -0.4 is 10.6 Å². The van der Waals surface area contributed by atoms with E-state index in [1.165, 1.54) is 6.26 Å². The van der Waals surface area contributed by atoms with Crippen LogP contribution in [-0.4, -0.2) is 30.6 Å². The molecule has 3 N–H and O–H groups in total. The molecule has 0 saturated heterocycles. The van der Waals surface area contributed by atoms with Gasteiger partial charge in [-0.25, -0.2) is 0 Å². The van der Waals surface area contributed by atoms with Crippen molar-refractivity contribution in [2.45, 2.75) is 26.4 Å². The van der Waals surface area contributed by atoms with E-state index in [1.807, 2.05) is 0 Å². The molecule has 18 heavy (non-hydrogen) atoms. The zero-order chi connectivity index (χ0) is 13.4. The molecule has 0 radical (unpaired) electrons. The summed E-state index contributed by atoms with van der Waals surface area (Å²) in [6.45, 7) is 5.73. The number of furan rings is 1. The topological polar surface area (TPSA) is 74.5 Å². The number of carbonyl (C=O) groups is 1. The number of hydrogen-bond acceptors (Lipinski definition) is 4. The first-order valence-corrected chi connectivity index (χ1v) is 6.28. The highest BCUT2D eigenvalue weighted by atomic mass is 16.4. The van der Waals surface area contributed by atoms with E-state index in [4.69, 9.17) is 4.42 Å². The maximum Gasteiger partial charge on any atom is 0.221 e. The molecule has 5 heteroatoms. The van der Waals surface area contributed by atoms with Gasteiger partial charge in [0.2, 0.25) is 5.91 Å². The largest absolute Gasteiger partial charge is 0.467 e. The van der Waals surface area contributed by atoms with Crippen molar-refractivity contribution < 1.29 is 14.3 Å². The maximum absolute atomic E-state index is 11.4. The fourth-order valence-corrected chi connectivity index (χ4v) is 1.43. The molecule has 1 heterocycles. The molecule has 0 aliphatic carbocycles. The van der Waals surface area contributed by atoms with Gasteiger partial charge in [-0.1, -0.05) is 13.8 Å². The van der Waals surface area contributed by atoms with Gasteiger partial charge in [0, 0.05) is 26.1 Å². The third kappa shape index (κ3) is 5.84. The van der Waals surface area contributed by atoms with E-state index in [0.29, 0.717) is 37.7 Å². The third-order valence-electron chi connectivity index (χ3n) is 2.45. The summed E-state index contributed by atoms with van der Waals surface area (Å²) in [6.07, 6.45) is 1.27. The summed E-state index contributed by atoms with van der Waals surface area (Å²) in [5, 5.41) is 15.6. The normalized spacial score (nSPS) is 12.7. The van der Waals surface area contributed by atoms with Crippen LogP contribution in [-0.2, 0) is 4.79 Å². The van der Waals surface area contributed by atoms with E-state index >= 15 is 0 Å². The summed E-state index contributed by atoms with van der Waals surface area (Å²) in [4.78, 5) is 11.4. The molecular formula is C13H22N2O3. The molecule has 1 aromatic heterocycles. The Kier molecular flexibility index (Phi) is 6.46. The molecule has 0 aliphatic heterocycles. The Balaban J connectivity index is 2.06. The first-order valence-electron chi connectivity index (χ1n) is 6.28. The molecule has 0 saturated carbocycles. The lowest BCUT2D eigenvalue weighted by Crippen LogP contribution is -2.31. The van der Waals surface area contributed by atoms with Gasteiger partial charge in [-0.3, -0.25) is 4.79 Å². The summed E-state index contributed by atoms with van der Waals surface area (Å²) < 4.78 is 5.07. The Morgan fingerprint density at radius 2 is 2.22 bits per heavy atom. The third-order valence-corrected chi connectivity index (χ3v) is 2.45. The smallest absolute Gasteiger partial charge is 0.221 e. The van der Waals surface area contributed by atoms with Gasteiger partial charge in [0.15, 0.2) is 0 Å². The Bertz CT molecular complexity index is 336. The van der Waals surface area contributed by atoms with Crippen LogP contribution in [0.3, 0.4) is 0 Å². The van der Waals surface area contributed by atoms with Gasteiger partial charge in [0.05, 0.1) is 6.26 Å². The van der Waals surface area contributed by atoms with Crippen LogP contribution in [0.25, 0.3) is 0 Å². The number of amides is 1. The second-order valence-corrected chi connectivity index (χ2v) is 4.68. The minimum Gasteiger partial charge on any atom is -0.467 e. The first-order chi connectivity index (χ1) is 8.59. The number of carbonyl (C=O) groups excluding carboxylic acids is 1. The quantitative estimate of drug-likeness (QED) is 0.607. The van der Waals surface area contributed by atoms with Crippen LogP contribution in [0.15, 0.2) is 22.8 Å². The lowest BCUT2D eigenvalue weighted by atomic mass is 10.2. The predicted molar refractivity (Wildman–Crippen MR) is 69.0 cm³/mol. The highest BCUT2D eigenvalue weighted by Gasteiger charge is 2.09. The van der Waals surface area contributed by atoms with Crippen molar-refractivity contribution >= 4 is 5.91 Å². The molecule has 0 aliphatic rings. The Hall–Kier alpha value is -1.33. The van der Waals surface area contributed by atoms with Crippen molar-refractivity contribution in [3.05, 3.63) is 24.2 Å². The van der Waals surface area contributed by atoms with Gasteiger partial charge in [-0.2, -0.15) is 0 Å². The minimum absolute atomic E-state index is 0.0312. The number of hydrogen-bond donors (Lipinski definition) is 3. The van der Waals surface area contributed by atoms with Gasteiger partial charge in [0.1, 0.15) is 11.9 Å². The summed E-state index contributed by atoms with van der Waals surface area (Å²) in [7, 11) is 0. The zero-order valence-electron chi connectivity index (χ0n) is 11.0. The lowest BCUT2D eigenvalue weighted by molar-refractivity contribution is -0.121. The van der Waals surface area contributed by atoms with Crippen molar-refractivity contribution in [1.29, 1.82) is 0 Å². The first kappa shape index (κ1) is 14.7. The Morgan fingerprint density at radius 1 is 1.44 bits per heavy atom. The molecule has 1 amide bonds. The average molecular weight is 254 g/mol. The van der Waals surface area contributed by atoms with Crippen LogP contribution in [0.5, 0.6) is 0 Å². The van der Waals surface area contributed by atoms with Crippen LogP contribution in [0, 0.1) is 5.92 Å². The second kappa shape index (κ2) is 7.89. The van der Waals surface area contributed by atoms with Crippen molar-refractivity contribution in [3.8, 4) is 0 Å². The Morgan fingerprint density at radius 3 is 2.83 bits per heavy atom. The van der Waals surface area contributed by atoms with Crippen molar-refractivity contribution in [2.75, 3.05) is 19.6 Å². The van der Waals surface area contributed by atoms with Crippen molar-refractivity contribution in [3.63, 3.8) is 0 Å². The fraction of sp³-hybridized carbons (Fsp3) is 0.615. The molecular weight excluding hydrogens is 232 g/mol. The van der Waals surface area contributed by atoms with E-state index in [2.05, 4.69) is 24.5 Å². The van der Waals surface area contributed by atoms with E-state index < -0.39 is 6.10 Å². The summed E-state index contributed by atoms with van der Waals surface area (Å²) in [5.74, 6) is 1.03. The van der Waals surface area contributed by atoms with Crippen LogP contribution in [0.2, 0.25) is 0 Å². The summed E-state index contributed by atoms with van der Waals surface area (Å²) in [5.41, 5.74) is 0. The summed E-state index contributed by atoms with van der Waals surface area (Å²) >= 11 is 0. The summed E-state index contributed by atoms with van der Waals surface area (Å²) in [6, 6.07) is 3.46. The molecule has 1 rings (SSSR count). The van der Waals surface area contributed by atoms with Crippen LogP contribution in [0.4, 0.5) is 0 Å². The molecule has 0 aromatic carbocycles. The number of nitrogens with one attached hydrogen (secondary N) is 2. The molecule has 0 bridgehead atoms. The molecule has 1 aromatic rings. The monoisotopic (exact) mass is 254 g/mol. The predicted octanol–water partition coefficient (Wildman–Crippen LogP) is 1.06. The van der Waals surface area contributed by atoms with E-state index in [-0.39, 0.29) is 5.91 Å². The van der Waals surface area contributed by atoms with E-state index in [1.54, 1.807) is 12.1 Å². The fourth-order valence-electron chi connectivity index (χ4n) is 1.43. The highest BCUT2D eigenvalue weighted by molar-refractivity contribution is 5.76. The maximum atomic E-state index is 11.4. The highest BCUT2D eigenvalue weighted by Crippen LogP contribution is 2.11. The van der Waals surface area contributed by atoms with Gasteiger partial charge >= 0.3 is 0 Å². The Labute approximate surface area is 108 Å². The van der Waals surface area contributed by atoms with Gasteiger partial charge < -0.3 is 20.2 Å². The van der Waals surface area contributed by atoms with Crippen molar-refractivity contribution in [1.82, 2.24) is 10.6 Å². The van der Waals surface area contributed by atoms with Gasteiger partial charge in [-0.15, -0.1) is 0 Å². The molecule has 5 nitrogen and oxygen atoms in total. The number of aliphatic hydroxyl groups excluding tert-OH is 1. The van der Waals surface area contributed by atoms with Crippen LogP contribution >= 0.6 is 0 Å². The minimum atomic E-state index is -0.668. The van der Waals surface area contributed by atoms with Crippen LogP contribution in [0.1, 0.15) is 32.1 Å². The number of aliphatic hydroxyl groups is 1. The second-order valence-electron chi connectivity index (χ2n) is 4.68. The molecule has 1 unspecified atom stereocenters. The zero-order valence-corrected chi connectivity index (χ0v) is 11.0. The molecule has 0 fully saturated rings.